The molecular formula is C23H25F4N5O3. The minimum Gasteiger partial charge on any atom is -0.383 e. The SMILES string of the molecule is CC(C)n1nc(-c2ccc(CC(=O)Cc3cc(C(C)(C)C(F)(F)F)on3)c(F)c2)c(C(N)=O)c1N. The second kappa shape index (κ2) is 9.16. The molecule has 0 spiro atoms. The van der Waals surface area contributed by atoms with E-state index in [4.69, 9.17) is 16.0 Å². The Morgan fingerprint density at radius 1 is 1.14 bits per heavy atom. The van der Waals surface area contributed by atoms with Gasteiger partial charge < -0.3 is 16.0 Å². The highest BCUT2D eigenvalue weighted by Crippen LogP contribution is 2.40. The van der Waals surface area contributed by atoms with Gasteiger partial charge in [0, 0.05) is 24.1 Å². The summed E-state index contributed by atoms with van der Waals surface area (Å²) >= 11 is 0. The Hall–Kier alpha value is -3.70. The zero-order chi connectivity index (χ0) is 26.3. The lowest BCUT2D eigenvalue weighted by atomic mass is 9.89. The molecule has 0 saturated heterocycles. The number of Topliss-reactive ketones (excluding diaryl/α,β-unsaturated/α-hetero) is 1. The van der Waals surface area contributed by atoms with Crippen LogP contribution in [0, 0.1) is 5.82 Å². The average Bonchev–Trinajstić information content (AvgIpc) is 3.33. The van der Waals surface area contributed by atoms with Crippen molar-refractivity contribution in [2.24, 2.45) is 5.73 Å². The molecule has 2 heterocycles. The number of aromatic nitrogens is 3. The van der Waals surface area contributed by atoms with E-state index in [9.17, 15) is 27.2 Å². The number of nitrogens with zero attached hydrogens (tertiary/aromatic N) is 3. The number of hydrogen-bond donors (Lipinski definition) is 2. The van der Waals surface area contributed by atoms with Crippen molar-refractivity contribution in [3.63, 3.8) is 0 Å². The third-order valence-corrected chi connectivity index (χ3v) is 5.66. The van der Waals surface area contributed by atoms with Gasteiger partial charge in [0.1, 0.15) is 34.1 Å². The van der Waals surface area contributed by atoms with Gasteiger partial charge in [-0.2, -0.15) is 18.3 Å². The Balaban J connectivity index is 1.80. The fourth-order valence-electron chi connectivity index (χ4n) is 3.43. The standard InChI is InChI=1S/C23H25F4N5O3/c1-11(2)32-20(28)18(21(29)34)19(30-32)13-6-5-12(16(24)8-13)7-15(33)9-14-10-17(35-31-14)22(3,4)23(25,26)27/h5-6,8,10-11H,7,9,28H2,1-4H3,(H2,29,34). The summed E-state index contributed by atoms with van der Waals surface area (Å²) in [5, 5.41) is 7.83. The first-order chi connectivity index (χ1) is 16.1. The average molecular weight is 495 g/mol. The normalized spacial score (nSPS) is 12.4. The minimum absolute atomic E-state index is 0.0140. The Morgan fingerprint density at radius 3 is 2.34 bits per heavy atom. The number of anilines is 1. The monoisotopic (exact) mass is 495 g/mol. The molecule has 0 unspecified atom stereocenters. The summed E-state index contributed by atoms with van der Waals surface area (Å²) in [6, 6.07) is 4.85. The second-order valence-electron chi connectivity index (χ2n) is 9.02. The molecule has 4 N–H and O–H groups in total. The summed E-state index contributed by atoms with van der Waals surface area (Å²) in [6.07, 6.45) is -5.23. The molecule has 3 rings (SSSR count). The van der Waals surface area contributed by atoms with Gasteiger partial charge in [0.25, 0.3) is 5.91 Å². The van der Waals surface area contributed by atoms with E-state index in [-0.39, 0.29) is 52.8 Å². The van der Waals surface area contributed by atoms with Gasteiger partial charge in [-0.1, -0.05) is 17.3 Å². The molecule has 8 nitrogen and oxygen atoms in total. The molecule has 35 heavy (non-hydrogen) atoms. The number of amides is 1. The fraction of sp³-hybridized carbons (Fsp3) is 0.391. The van der Waals surface area contributed by atoms with Crippen molar-refractivity contribution in [2.45, 2.75) is 58.2 Å². The van der Waals surface area contributed by atoms with Crippen LogP contribution < -0.4 is 11.5 Å². The molecule has 0 radical (unpaired) electrons. The van der Waals surface area contributed by atoms with Crippen LogP contribution in [0.4, 0.5) is 23.4 Å². The summed E-state index contributed by atoms with van der Waals surface area (Å²) in [7, 11) is 0. The maximum absolute atomic E-state index is 14.8. The number of nitrogens with two attached hydrogens (primary N) is 2. The first kappa shape index (κ1) is 25.9. The van der Waals surface area contributed by atoms with E-state index in [1.165, 1.54) is 16.8 Å². The highest BCUT2D eigenvalue weighted by atomic mass is 19.4. The summed E-state index contributed by atoms with van der Waals surface area (Å²) < 4.78 is 60.6. The summed E-state index contributed by atoms with van der Waals surface area (Å²) in [5.74, 6) is -2.39. The van der Waals surface area contributed by atoms with Crippen LogP contribution in [0.1, 0.15) is 61.1 Å². The molecule has 0 bridgehead atoms. The van der Waals surface area contributed by atoms with Gasteiger partial charge in [-0.3, -0.25) is 9.59 Å². The molecule has 0 fully saturated rings. The highest BCUT2D eigenvalue weighted by molar-refractivity contribution is 6.03. The number of nitrogen functional groups attached to an aromatic ring is 1. The quantitative estimate of drug-likeness (QED) is 0.452. The molecule has 12 heteroatoms. The molecule has 0 saturated carbocycles. The molecule has 0 aliphatic heterocycles. The first-order valence-corrected chi connectivity index (χ1v) is 10.6. The highest BCUT2D eigenvalue weighted by Gasteiger charge is 2.51. The van der Waals surface area contributed by atoms with Crippen molar-refractivity contribution >= 4 is 17.5 Å². The van der Waals surface area contributed by atoms with E-state index >= 15 is 0 Å². The summed E-state index contributed by atoms with van der Waals surface area (Å²) in [6.45, 7) is 5.49. The van der Waals surface area contributed by atoms with Crippen LogP contribution in [-0.4, -0.2) is 32.8 Å². The van der Waals surface area contributed by atoms with E-state index in [1.54, 1.807) is 13.8 Å². The number of carbonyl (C=O) groups is 2. The molecule has 188 valence electrons. The zero-order valence-electron chi connectivity index (χ0n) is 19.5. The van der Waals surface area contributed by atoms with Crippen LogP contribution in [0.5, 0.6) is 0 Å². The first-order valence-electron chi connectivity index (χ1n) is 10.6. The van der Waals surface area contributed by atoms with E-state index in [0.29, 0.717) is 0 Å². The molecule has 0 aliphatic carbocycles. The summed E-state index contributed by atoms with van der Waals surface area (Å²) in [4.78, 5) is 24.4. The van der Waals surface area contributed by atoms with Crippen LogP contribution >= 0.6 is 0 Å². The zero-order valence-corrected chi connectivity index (χ0v) is 19.5. The third-order valence-electron chi connectivity index (χ3n) is 5.66. The van der Waals surface area contributed by atoms with Crippen molar-refractivity contribution in [1.82, 2.24) is 14.9 Å². The Bertz CT molecular complexity index is 1270. The third kappa shape index (κ3) is 5.05. The maximum Gasteiger partial charge on any atom is 0.401 e. The molecule has 1 aromatic carbocycles. The number of carbonyl (C=O) groups excluding carboxylic acids is 2. The van der Waals surface area contributed by atoms with E-state index < -0.39 is 34.9 Å². The van der Waals surface area contributed by atoms with E-state index in [1.807, 2.05) is 0 Å². The molecule has 1 amide bonds. The van der Waals surface area contributed by atoms with Crippen molar-refractivity contribution in [3.05, 3.63) is 52.7 Å². The van der Waals surface area contributed by atoms with E-state index in [0.717, 1.165) is 26.0 Å². The maximum atomic E-state index is 14.8. The smallest absolute Gasteiger partial charge is 0.383 e. The van der Waals surface area contributed by atoms with Crippen molar-refractivity contribution in [2.75, 3.05) is 5.73 Å². The molecule has 0 aliphatic rings. The van der Waals surface area contributed by atoms with Crippen molar-refractivity contribution in [3.8, 4) is 11.3 Å². The number of benzene rings is 1. The molecular weight excluding hydrogens is 470 g/mol. The Labute approximate surface area is 198 Å². The lowest BCUT2D eigenvalue weighted by Crippen LogP contribution is -2.35. The minimum atomic E-state index is -4.57. The van der Waals surface area contributed by atoms with Gasteiger partial charge in [0.15, 0.2) is 5.76 Å². The largest absolute Gasteiger partial charge is 0.401 e. The van der Waals surface area contributed by atoms with Gasteiger partial charge in [0.05, 0.1) is 12.1 Å². The van der Waals surface area contributed by atoms with Crippen LogP contribution in [0.2, 0.25) is 0 Å². The van der Waals surface area contributed by atoms with Crippen molar-refractivity contribution in [1.29, 1.82) is 0 Å². The van der Waals surface area contributed by atoms with Crippen LogP contribution in [0.25, 0.3) is 11.3 Å². The van der Waals surface area contributed by atoms with Gasteiger partial charge in [0.2, 0.25) is 0 Å². The number of primary amides is 1. The predicted molar refractivity (Wildman–Crippen MR) is 119 cm³/mol. The van der Waals surface area contributed by atoms with Crippen LogP contribution in [-0.2, 0) is 23.1 Å². The van der Waals surface area contributed by atoms with Crippen LogP contribution in [0.3, 0.4) is 0 Å². The lowest BCUT2D eigenvalue weighted by Gasteiger charge is -2.24. The van der Waals surface area contributed by atoms with Gasteiger partial charge >= 0.3 is 6.18 Å². The van der Waals surface area contributed by atoms with Crippen LogP contribution in [0.15, 0.2) is 28.8 Å². The molecule has 2 aromatic heterocycles. The lowest BCUT2D eigenvalue weighted by molar-refractivity contribution is -0.185. The molecule has 0 atom stereocenters. The topological polar surface area (TPSA) is 130 Å². The number of halogens is 4. The summed E-state index contributed by atoms with van der Waals surface area (Å²) in [5.41, 5.74) is 9.53. The molecule has 3 aromatic rings. The number of rotatable bonds is 8. The number of ketones is 1. The predicted octanol–water partition coefficient (Wildman–Crippen LogP) is 4.13. The number of alkyl halides is 3. The van der Waals surface area contributed by atoms with Crippen molar-refractivity contribution < 1.29 is 31.7 Å². The number of hydrogen-bond acceptors (Lipinski definition) is 6. The Morgan fingerprint density at radius 2 is 1.80 bits per heavy atom. The van der Waals surface area contributed by atoms with E-state index in [2.05, 4.69) is 10.3 Å². The Kier molecular flexibility index (Phi) is 6.78. The van der Waals surface area contributed by atoms with Gasteiger partial charge in [-0.25, -0.2) is 9.07 Å². The van der Waals surface area contributed by atoms with Gasteiger partial charge in [-0.15, -0.1) is 0 Å². The van der Waals surface area contributed by atoms with Gasteiger partial charge in [-0.05, 0) is 39.3 Å². The second-order valence-corrected chi connectivity index (χ2v) is 9.02. The fourth-order valence-corrected chi connectivity index (χ4v) is 3.43.